The molecule has 0 unspecified atom stereocenters. The Morgan fingerprint density at radius 3 is 2.20 bits per heavy atom. The van der Waals surface area contributed by atoms with Gasteiger partial charge in [-0.2, -0.15) is 5.84 Å². The zero-order valence-electron chi connectivity index (χ0n) is 3.23. The van der Waals surface area contributed by atoms with Gasteiger partial charge in [-0.15, -0.1) is 0 Å². The average molecular weight is 74.1 g/mol. The molecule has 0 heterocycles. The van der Waals surface area contributed by atoms with Gasteiger partial charge in [-0.05, 0) is 10.3 Å². The number of nitrogens with zero attached hydrogens (tertiary/aromatic N) is 1. The van der Waals surface area contributed by atoms with E-state index < -0.39 is 0 Å². The fourth-order valence-electron chi connectivity index (χ4n) is 0. The van der Waals surface area contributed by atoms with Crippen LogP contribution in [0.2, 0.25) is 0 Å². The van der Waals surface area contributed by atoms with Crippen molar-refractivity contribution in [3.05, 3.63) is 0 Å². The second-order valence-electron chi connectivity index (χ2n) is 0.786. The van der Waals surface area contributed by atoms with Crippen molar-refractivity contribution >= 4 is 0 Å². The smallest absolute Gasteiger partial charge is 0.187 e. The fraction of sp³-hybridized carbons (Fsp3) is 1.00. The lowest BCUT2D eigenvalue weighted by molar-refractivity contribution is -0.623. The third kappa shape index (κ3) is 3.40. The minimum atomic E-state index is 0.583. The van der Waals surface area contributed by atoms with E-state index in [0.717, 1.165) is 4.81 Å². The molecule has 0 amide bonds. The number of nitrogens with two attached hydrogens (primary N) is 1. The molecule has 0 aliphatic heterocycles. The monoisotopic (exact) mass is 74.1 g/mol. The van der Waals surface area contributed by atoms with E-state index in [9.17, 15) is 0 Å². The van der Waals surface area contributed by atoms with Crippen LogP contribution >= 0.6 is 0 Å². The molecule has 5 heavy (non-hydrogen) atoms. The van der Waals surface area contributed by atoms with Gasteiger partial charge in [0.05, 0.1) is 0 Å². The van der Waals surface area contributed by atoms with Crippen LogP contribution in [0.5, 0.6) is 0 Å². The van der Waals surface area contributed by atoms with E-state index in [0.29, 0.717) is 6.54 Å². The van der Waals surface area contributed by atoms with E-state index in [-0.39, 0.29) is 0 Å². The second kappa shape index (κ2) is 1.69. The minimum absolute atomic E-state index is 0.583. The Morgan fingerprint density at radius 1 is 2.00 bits per heavy atom. The van der Waals surface area contributed by atoms with Crippen molar-refractivity contribution in [1.29, 1.82) is 5.53 Å². The molecule has 0 aliphatic rings. The highest BCUT2D eigenvalue weighted by atomic mass is 15.4. The summed E-state index contributed by atoms with van der Waals surface area (Å²) >= 11 is 0. The van der Waals surface area contributed by atoms with Crippen LogP contribution in [0.4, 0.5) is 0 Å². The molecule has 3 N–H and O–H groups in total. The first kappa shape index (κ1) is 4.40. The normalized spacial score (nSPS) is 7.40. The second-order valence-corrected chi connectivity index (χ2v) is 0.786. The first-order valence-corrected chi connectivity index (χ1v) is 1.51. The predicted octanol–water partition coefficient (Wildman–Crippen LogP) is -0.0765. The Kier molecular flexibility index (Phi) is 1.49. The SMILES string of the molecule is CC[N+](=N)N. The summed E-state index contributed by atoms with van der Waals surface area (Å²) in [6, 6.07) is 0. The highest BCUT2D eigenvalue weighted by Gasteiger charge is 1.77. The summed E-state index contributed by atoms with van der Waals surface area (Å²) in [5, 5.41) is 0. The van der Waals surface area contributed by atoms with Gasteiger partial charge >= 0.3 is 0 Å². The van der Waals surface area contributed by atoms with Crippen molar-refractivity contribution in [1.82, 2.24) is 0 Å². The van der Waals surface area contributed by atoms with Crippen LogP contribution in [0.25, 0.3) is 0 Å². The van der Waals surface area contributed by atoms with Gasteiger partial charge in [0.2, 0.25) is 0 Å². The van der Waals surface area contributed by atoms with E-state index in [2.05, 4.69) is 0 Å². The summed E-state index contributed by atoms with van der Waals surface area (Å²) in [5.41, 5.74) is 6.44. The lowest BCUT2D eigenvalue weighted by Crippen LogP contribution is -2.13. The topological polar surface area (TPSA) is 52.9 Å². The Bertz CT molecular complexity index is 40.2. The van der Waals surface area contributed by atoms with Crippen molar-refractivity contribution in [2.24, 2.45) is 5.84 Å². The van der Waals surface area contributed by atoms with Crippen molar-refractivity contribution in [2.45, 2.75) is 6.92 Å². The average Bonchev–Trinajstić information content (AvgIpc) is 1.38. The van der Waals surface area contributed by atoms with Gasteiger partial charge in [-0.3, -0.25) is 0 Å². The minimum Gasteiger partial charge on any atom is -0.187 e. The Hall–Kier alpha value is -0.600. The Labute approximate surface area is 30.9 Å². The fourth-order valence-corrected chi connectivity index (χ4v) is 0. The molecule has 3 nitrogen and oxygen atoms in total. The molecule has 0 saturated carbocycles. The molecule has 0 radical (unpaired) electrons. The molecule has 0 aliphatic carbocycles. The number of hydrogen-bond acceptors (Lipinski definition) is 1. The summed E-state index contributed by atoms with van der Waals surface area (Å²) in [6.45, 7) is 2.40. The van der Waals surface area contributed by atoms with E-state index in [1.54, 1.807) is 0 Å². The summed E-state index contributed by atoms with van der Waals surface area (Å²) in [4.78, 5) is 0.875. The van der Waals surface area contributed by atoms with Gasteiger partial charge in [0.25, 0.3) is 0 Å². The van der Waals surface area contributed by atoms with Crippen LogP contribution in [0.1, 0.15) is 6.92 Å². The first-order chi connectivity index (χ1) is 2.27. The van der Waals surface area contributed by atoms with Crippen molar-refractivity contribution < 1.29 is 4.81 Å². The summed E-state index contributed by atoms with van der Waals surface area (Å²) in [5.74, 6) is 4.79. The number of nitrogens with one attached hydrogen (secondary N) is 1. The maximum absolute atomic E-state index is 6.44. The van der Waals surface area contributed by atoms with Gasteiger partial charge in [0.1, 0.15) is 0 Å². The number of rotatable bonds is 1. The van der Waals surface area contributed by atoms with E-state index in [1.165, 1.54) is 0 Å². The van der Waals surface area contributed by atoms with Crippen molar-refractivity contribution in [3.63, 3.8) is 0 Å². The molecule has 0 rings (SSSR count). The number of hydrazine groups is 1. The van der Waals surface area contributed by atoms with Gasteiger partial charge in [0.15, 0.2) is 6.54 Å². The van der Waals surface area contributed by atoms with E-state index in [1.807, 2.05) is 6.92 Å². The van der Waals surface area contributed by atoms with Crippen LogP contribution in [0, 0.1) is 5.53 Å². The third-order valence-electron chi connectivity index (χ3n) is 0.341. The van der Waals surface area contributed by atoms with Gasteiger partial charge in [-0.1, -0.05) is 0 Å². The van der Waals surface area contributed by atoms with Gasteiger partial charge in [0, 0.05) is 6.92 Å². The molecule has 0 aromatic carbocycles. The maximum atomic E-state index is 6.44. The highest BCUT2D eigenvalue weighted by Crippen LogP contribution is 1.48. The third-order valence-corrected chi connectivity index (χ3v) is 0.341. The molecule has 3 heteroatoms. The largest absolute Gasteiger partial charge is 0.196 e. The molecular weight excluding hydrogens is 66.0 g/mol. The molecule has 0 fully saturated rings. The van der Waals surface area contributed by atoms with E-state index >= 15 is 0 Å². The standard InChI is InChI=1S/C2H8N3/c1-2-5(3)4/h2H2,1H3,(H3,3,4)/q+1. The van der Waals surface area contributed by atoms with Gasteiger partial charge in [-0.25, -0.2) is 0 Å². The predicted molar refractivity (Wildman–Crippen MR) is 17.7 cm³/mol. The first-order valence-electron chi connectivity index (χ1n) is 1.51. The van der Waals surface area contributed by atoms with Crippen LogP contribution in [-0.2, 0) is 0 Å². The molecule has 0 spiro atoms. The van der Waals surface area contributed by atoms with Crippen LogP contribution in [0.15, 0.2) is 0 Å². The zero-order chi connectivity index (χ0) is 4.28. The van der Waals surface area contributed by atoms with E-state index in [4.69, 9.17) is 11.4 Å². The maximum Gasteiger partial charge on any atom is 0.196 e. The Morgan fingerprint density at radius 2 is 2.20 bits per heavy atom. The summed E-state index contributed by atoms with van der Waals surface area (Å²) in [7, 11) is 0. The molecule has 0 aromatic rings. The highest BCUT2D eigenvalue weighted by molar-refractivity contribution is 3.86. The molecule has 0 saturated heterocycles. The quantitative estimate of drug-likeness (QED) is 0.194. The van der Waals surface area contributed by atoms with Crippen molar-refractivity contribution in [2.75, 3.05) is 6.54 Å². The summed E-state index contributed by atoms with van der Waals surface area (Å²) in [6.07, 6.45) is 0. The summed E-state index contributed by atoms with van der Waals surface area (Å²) < 4.78 is 0. The van der Waals surface area contributed by atoms with Crippen LogP contribution in [-0.4, -0.2) is 11.4 Å². The lowest BCUT2D eigenvalue weighted by atomic mass is 10.8. The molecule has 30 valence electrons. The zero-order valence-corrected chi connectivity index (χ0v) is 3.23. The molecular formula is C2H8N3+. The molecule has 0 aromatic heterocycles. The van der Waals surface area contributed by atoms with Gasteiger partial charge < -0.3 is 0 Å². The van der Waals surface area contributed by atoms with Crippen LogP contribution < -0.4 is 5.84 Å². The number of hydrogen-bond donors (Lipinski definition) is 2. The lowest BCUT2D eigenvalue weighted by Gasteiger charge is -1.72. The van der Waals surface area contributed by atoms with Crippen LogP contribution in [0.3, 0.4) is 0 Å². The molecule has 0 atom stereocenters. The Balaban J connectivity index is 2.85. The molecule has 0 bridgehead atoms. The van der Waals surface area contributed by atoms with Crippen molar-refractivity contribution in [3.8, 4) is 0 Å².